The van der Waals surface area contributed by atoms with Gasteiger partial charge in [0, 0.05) is 6.04 Å². The highest BCUT2D eigenvalue weighted by atomic mass is 32.2. The van der Waals surface area contributed by atoms with Gasteiger partial charge in [-0.15, -0.1) is 0 Å². The maximum atomic E-state index is 12.4. The second-order valence-corrected chi connectivity index (χ2v) is 8.06. The molecule has 5 nitrogen and oxygen atoms in total. The van der Waals surface area contributed by atoms with E-state index in [0.717, 1.165) is 30.2 Å². The third kappa shape index (κ3) is 5.23. The van der Waals surface area contributed by atoms with E-state index < -0.39 is 16.1 Å². The number of carbonyl (C=O) groups is 1. The van der Waals surface area contributed by atoms with Crippen LogP contribution in [0.4, 0.5) is 5.69 Å². The molecule has 1 aromatic carbocycles. The van der Waals surface area contributed by atoms with Crippen LogP contribution in [-0.4, -0.2) is 32.7 Å². The predicted octanol–water partition coefficient (Wildman–Crippen LogP) is 2.76. The van der Waals surface area contributed by atoms with Crippen LogP contribution in [-0.2, 0) is 14.8 Å². The van der Waals surface area contributed by atoms with Crippen molar-refractivity contribution in [3.63, 3.8) is 0 Å². The zero-order valence-electron chi connectivity index (χ0n) is 14.9. The van der Waals surface area contributed by atoms with Crippen molar-refractivity contribution in [1.29, 1.82) is 0 Å². The minimum absolute atomic E-state index is 0.0242. The molecule has 0 aliphatic carbocycles. The fourth-order valence-corrected chi connectivity index (χ4v) is 3.71. The molecule has 0 aliphatic heterocycles. The van der Waals surface area contributed by atoms with E-state index in [0.29, 0.717) is 5.69 Å². The van der Waals surface area contributed by atoms with Crippen LogP contribution < -0.4 is 9.62 Å². The van der Waals surface area contributed by atoms with Gasteiger partial charge in [0.2, 0.25) is 15.9 Å². The Morgan fingerprint density at radius 2 is 1.83 bits per heavy atom. The van der Waals surface area contributed by atoms with Gasteiger partial charge in [-0.05, 0) is 57.4 Å². The monoisotopic (exact) mass is 340 g/mol. The Morgan fingerprint density at radius 1 is 1.22 bits per heavy atom. The Balaban J connectivity index is 3.12. The molecule has 0 aliphatic rings. The summed E-state index contributed by atoms with van der Waals surface area (Å²) >= 11 is 0. The van der Waals surface area contributed by atoms with E-state index in [1.165, 1.54) is 4.31 Å². The molecule has 0 saturated carbocycles. The summed E-state index contributed by atoms with van der Waals surface area (Å²) in [4.78, 5) is 12.4. The molecule has 0 heterocycles. The lowest BCUT2D eigenvalue weighted by atomic mass is 10.1. The minimum Gasteiger partial charge on any atom is -0.352 e. The SMILES string of the molecule is CCC[C@@H](C)NC(=O)[C@@H](C)N(c1ccc(C)c(C)c1)S(C)(=O)=O. The van der Waals surface area contributed by atoms with Crippen LogP contribution in [0.3, 0.4) is 0 Å². The van der Waals surface area contributed by atoms with Gasteiger partial charge >= 0.3 is 0 Å². The van der Waals surface area contributed by atoms with Crippen LogP contribution in [0.5, 0.6) is 0 Å². The number of rotatable bonds is 7. The van der Waals surface area contributed by atoms with Crippen molar-refractivity contribution in [2.45, 2.75) is 59.5 Å². The Hall–Kier alpha value is -1.56. The van der Waals surface area contributed by atoms with Crippen LogP contribution in [0.1, 0.15) is 44.7 Å². The first-order valence-corrected chi connectivity index (χ1v) is 9.79. The molecule has 130 valence electrons. The van der Waals surface area contributed by atoms with Gasteiger partial charge in [0.25, 0.3) is 0 Å². The van der Waals surface area contributed by atoms with Gasteiger partial charge in [-0.2, -0.15) is 0 Å². The van der Waals surface area contributed by atoms with Gasteiger partial charge in [0.05, 0.1) is 11.9 Å². The number of hydrogen-bond donors (Lipinski definition) is 1. The lowest BCUT2D eigenvalue weighted by Crippen LogP contribution is -2.49. The Bertz CT molecular complexity index is 656. The quantitative estimate of drug-likeness (QED) is 0.830. The highest BCUT2D eigenvalue weighted by Gasteiger charge is 2.29. The van der Waals surface area contributed by atoms with E-state index in [4.69, 9.17) is 0 Å². The number of benzene rings is 1. The minimum atomic E-state index is -3.57. The van der Waals surface area contributed by atoms with Crippen LogP contribution in [0.15, 0.2) is 18.2 Å². The number of nitrogens with zero attached hydrogens (tertiary/aromatic N) is 1. The van der Waals surface area contributed by atoms with E-state index in [2.05, 4.69) is 5.32 Å². The molecule has 2 atom stereocenters. The standard InChI is InChI=1S/C17H28N2O3S/c1-7-8-14(4)18-17(20)15(5)19(23(6,21)22)16-10-9-12(2)13(3)11-16/h9-11,14-15H,7-8H2,1-6H3,(H,18,20)/t14-,15-/m1/s1. The highest BCUT2D eigenvalue weighted by Crippen LogP contribution is 2.23. The second-order valence-electron chi connectivity index (χ2n) is 6.20. The molecule has 0 unspecified atom stereocenters. The lowest BCUT2D eigenvalue weighted by Gasteiger charge is -2.29. The third-order valence-corrected chi connectivity index (χ3v) is 5.19. The highest BCUT2D eigenvalue weighted by molar-refractivity contribution is 7.92. The van der Waals surface area contributed by atoms with E-state index in [1.807, 2.05) is 33.8 Å². The normalized spacial score (nSPS) is 14.2. The van der Waals surface area contributed by atoms with Gasteiger partial charge in [-0.3, -0.25) is 9.10 Å². The topological polar surface area (TPSA) is 66.5 Å². The zero-order chi connectivity index (χ0) is 17.8. The first kappa shape index (κ1) is 19.5. The summed E-state index contributed by atoms with van der Waals surface area (Å²) in [6, 6.07) is 4.63. The maximum Gasteiger partial charge on any atom is 0.243 e. The first-order chi connectivity index (χ1) is 10.6. The summed E-state index contributed by atoms with van der Waals surface area (Å²) < 4.78 is 25.7. The molecule has 1 amide bonds. The fourth-order valence-electron chi connectivity index (χ4n) is 2.54. The molecule has 1 N–H and O–H groups in total. The van der Waals surface area contributed by atoms with Crippen molar-refractivity contribution in [3.8, 4) is 0 Å². The summed E-state index contributed by atoms with van der Waals surface area (Å²) in [7, 11) is -3.57. The van der Waals surface area contributed by atoms with Crippen molar-refractivity contribution in [2.75, 3.05) is 10.6 Å². The molecule has 1 rings (SSSR count). The molecule has 0 saturated heterocycles. The largest absolute Gasteiger partial charge is 0.352 e. The molecule has 23 heavy (non-hydrogen) atoms. The molecule has 0 bridgehead atoms. The van der Waals surface area contributed by atoms with Gasteiger partial charge in [0.15, 0.2) is 0 Å². The molecule has 0 radical (unpaired) electrons. The summed E-state index contributed by atoms with van der Waals surface area (Å²) in [6.07, 6.45) is 2.95. The number of sulfonamides is 1. The van der Waals surface area contributed by atoms with Gasteiger partial charge in [-0.1, -0.05) is 19.4 Å². The van der Waals surface area contributed by atoms with Crippen LogP contribution in [0.25, 0.3) is 0 Å². The number of hydrogen-bond acceptors (Lipinski definition) is 3. The second kappa shape index (κ2) is 7.81. The van der Waals surface area contributed by atoms with Gasteiger partial charge in [-0.25, -0.2) is 8.42 Å². The van der Waals surface area contributed by atoms with Gasteiger partial charge < -0.3 is 5.32 Å². The molecule has 0 aromatic heterocycles. The molecule has 0 spiro atoms. The number of amides is 1. The van der Waals surface area contributed by atoms with Crippen LogP contribution >= 0.6 is 0 Å². The molecule has 0 fully saturated rings. The average molecular weight is 340 g/mol. The molecule has 6 heteroatoms. The Morgan fingerprint density at radius 3 is 2.30 bits per heavy atom. The third-order valence-electron chi connectivity index (χ3n) is 3.94. The van der Waals surface area contributed by atoms with E-state index in [-0.39, 0.29) is 11.9 Å². The number of anilines is 1. The smallest absolute Gasteiger partial charge is 0.243 e. The Kier molecular flexibility index (Phi) is 6.62. The van der Waals surface area contributed by atoms with Crippen molar-refractivity contribution in [2.24, 2.45) is 0 Å². The van der Waals surface area contributed by atoms with Crippen molar-refractivity contribution in [1.82, 2.24) is 5.32 Å². The van der Waals surface area contributed by atoms with Crippen molar-refractivity contribution in [3.05, 3.63) is 29.3 Å². The van der Waals surface area contributed by atoms with Gasteiger partial charge in [0.1, 0.15) is 6.04 Å². The molecule has 1 aromatic rings. The Labute approximate surface area is 140 Å². The van der Waals surface area contributed by atoms with Crippen LogP contribution in [0.2, 0.25) is 0 Å². The first-order valence-electron chi connectivity index (χ1n) is 7.95. The van der Waals surface area contributed by atoms with Crippen molar-refractivity contribution >= 4 is 21.6 Å². The lowest BCUT2D eigenvalue weighted by molar-refractivity contribution is -0.122. The summed E-state index contributed by atoms with van der Waals surface area (Å²) in [5.74, 6) is -0.283. The fraction of sp³-hybridized carbons (Fsp3) is 0.588. The van der Waals surface area contributed by atoms with E-state index in [9.17, 15) is 13.2 Å². The predicted molar refractivity (Wildman–Crippen MR) is 95.2 cm³/mol. The van der Waals surface area contributed by atoms with E-state index in [1.54, 1.807) is 19.1 Å². The number of aryl methyl sites for hydroxylation is 2. The molecular weight excluding hydrogens is 312 g/mol. The van der Waals surface area contributed by atoms with E-state index >= 15 is 0 Å². The summed E-state index contributed by atoms with van der Waals surface area (Å²) in [5.41, 5.74) is 2.58. The van der Waals surface area contributed by atoms with Crippen molar-refractivity contribution < 1.29 is 13.2 Å². The summed E-state index contributed by atoms with van der Waals surface area (Å²) in [6.45, 7) is 9.48. The van der Waals surface area contributed by atoms with Crippen LogP contribution in [0, 0.1) is 13.8 Å². The summed E-state index contributed by atoms with van der Waals surface area (Å²) in [5, 5.41) is 2.88. The average Bonchev–Trinajstić information content (AvgIpc) is 2.41. The zero-order valence-corrected chi connectivity index (χ0v) is 15.7. The molecular formula is C17H28N2O3S. The maximum absolute atomic E-state index is 12.4. The number of carbonyl (C=O) groups excluding carboxylic acids is 1. The number of nitrogens with one attached hydrogen (secondary N) is 1.